The second kappa shape index (κ2) is 4.39. The number of hydrogen-bond acceptors (Lipinski definition) is 3. The molecule has 0 spiro atoms. The van der Waals surface area contributed by atoms with Crippen molar-refractivity contribution >= 4 is 6.09 Å². The molecule has 15 heavy (non-hydrogen) atoms. The lowest BCUT2D eigenvalue weighted by molar-refractivity contribution is 0.0154. The summed E-state index contributed by atoms with van der Waals surface area (Å²) in [4.78, 5) is 13.5. The first kappa shape index (κ1) is 12.3. The van der Waals surface area contributed by atoms with Crippen LogP contribution in [0.3, 0.4) is 0 Å². The molecule has 0 bridgehead atoms. The Kier molecular flexibility index (Phi) is 3.60. The minimum Gasteiger partial charge on any atom is -0.444 e. The molecule has 88 valence electrons. The molecule has 0 unspecified atom stereocenters. The van der Waals surface area contributed by atoms with Gasteiger partial charge in [-0.05, 0) is 33.1 Å². The molecule has 0 aliphatic carbocycles. The summed E-state index contributed by atoms with van der Waals surface area (Å²) in [6.45, 7) is 9.09. The van der Waals surface area contributed by atoms with Crippen LogP contribution < -0.4 is 5.73 Å². The minimum atomic E-state index is -0.429. The second-order valence-electron chi connectivity index (χ2n) is 5.49. The number of carbonyl (C=O) groups excluding carboxylic acids is 1. The van der Waals surface area contributed by atoms with Gasteiger partial charge >= 0.3 is 6.09 Å². The van der Waals surface area contributed by atoms with E-state index >= 15 is 0 Å². The highest BCUT2D eigenvalue weighted by Crippen LogP contribution is 2.18. The zero-order valence-corrected chi connectivity index (χ0v) is 10.1. The van der Waals surface area contributed by atoms with Gasteiger partial charge in [0.05, 0.1) is 0 Å². The van der Waals surface area contributed by atoms with E-state index in [9.17, 15) is 4.79 Å². The van der Waals surface area contributed by atoms with Crippen LogP contribution in [0, 0.1) is 5.92 Å². The first-order valence-electron chi connectivity index (χ1n) is 5.51. The van der Waals surface area contributed by atoms with Crippen molar-refractivity contribution in [1.29, 1.82) is 0 Å². The number of piperidine rings is 1. The highest BCUT2D eigenvalue weighted by atomic mass is 16.6. The summed E-state index contributed by atoms with van der Waals surface area (Å²) < 4.78 is 5.31. The van der Waals surface area contributed by atoms with E-state index in [0.717, 1.165) is 13.0 Å². The summed E-state index contributed by atoms with van der Waals surface area (Å²) in [7, 11) is 0. The summed E-state index contributed by atoms with van der Waals surface area (Å²) in [5.74, 6) is 0.460. The van der Waals surface area contributed by atoms with E-state index in [0.29, 0.717) is 12.5 Å². The topological polar surface area (TPSA) is 55.6 Å². The molecule has 0 aromatic heterocycles. The van der Waals surface area contributed by atoms with Gasteiger partial charge in [0, 0.05) is 19.1 Å². The number of nitrogens with two attached hydrogens (primary N) is 1. The van der Waals surface area contributed by atoms with Crippen LogP contribution in [0.1, 0.15) is 34.1 Å². The van der Waals surface area contributed by atoms with E-state index in [1.807, 2.05) is 20.8 Å². The lowest BCUT2D eigenvalue weighted by Gasteiger charge is -2.35. The van der Waals surface area contributed by atoms with E-state index in [1.165, 1.54) is 0 Å². The number of carbonyl (C=O) groups is 1. The number of nitrogens with zero attached hydrogens (tertiary/aromatic N) is 1. The van der Waals surface area contributed by atoms with E-state index in [2.05, 4.69) is 6.92 Å². The van der Waals surface area contributed by atoms with Gasteiger partial charge < -0.3 is 15.4 Å². The molecule has 0 aromatic rings. The fraction of sp³-hybridized carbons (Fsp3) is 0.909. The van der Waals surface area contributed by atoms with Crippen LogP contribution in [0.25, 0.3) is 0 Å². The maximum absolute atomic E-state index is 11.8. The van der Waals surface area contributed by atoms with E-state index < -0.39 is 5.60 Å². The summed E-state index contributed by atoms with van der Waals surface area (Å²) in [6.07, 6.45) is 0.740. The van der Waals surface area contributed by atoms with Crippen LogP contribution in [0.4, 0.5) is 4.79 Å². The van der Waals surface area contributed by atoms with Gasteiger partial charge in [-0.3, -0.25) is 0 Å². The molecule has 1 saturated heterocycles. The smallest absolute Gasteiger partial charge is 0.410 e. The van der Waals surface area contributed by atoms with Crippen LogP contribution >= 0.6 is 0 Å². The highest BCUT2D eigenvalue weighted by molar-refractivity contribution is 5.68. The quantitative estimate of drug-likeness (QED) is 0.666. The summed E-state index contributed by atoms with van der Waals surface area (Å²) in [5, 5.41) is 0. The predicted molar refractivity (Wildman–Crippen MR) is 59.6 cm³/mol. The molecule has 4 nitrogen and oxygen atoms in total. The van der Waals surface area contributed by atoms with Crippen LogP contribution in [0.2, 0.25) is 0 Å². The van der Waals surface area contributed by atoms with Gasteiger partial charge in [0.1, 0.15) is 5.60 Å². The molecule has 4 heteroatoms. The fourth-order valence-electron chi connectivity index (χ4n) is 1.88. The summed E-state index contributed by atoms with van der Waals surface area (Å²) in [6, 6.07) is 0.0845. The van der Waals surface area contributed by atoms with Crippen molar-refractivity contribution < 1.29 is 9.53 Å². The Morgan fingerprint density at radius 2 is 2.00 bits per heavy atom. The van der Waals surface area contributed by atoms with E-state index in [1.54, 1.807) is 4.90 Å². The Bertz CT molecular complexity index is 225. The minimum absolute atomic E-state index is 0.0845. The third-order valence-corrected chi connectivity index (χ3v) is 2.34. The maximum Gasteiger partial charge on any atom is 0.410 e. The molecule has 1 rings (SSSR count). The van der Waals surface area contributed by atoms with Crippen molar-refractivity contribution in [3.63, 3.8) is 0 Å². The Morgan fingerprint density at radius 3 is 2.47 bits per heavy atom. The van der Waals surface area contributed by atoms with Gasteiger partial charge in [0.25, 0.3) is 0 Å². The molecule has 1 aliphatic heterocycles. The van der Waals surface area contributed by atoms with Gasteiger partial charge in [0.15, 0.2) is 0 Å². The largest absolute Gasteiger partial charge is 0.444 e. The van der Waals surface area contributed by atoms with Crippen molar-refractivity contribution in [2.24, 2.45) is 11.7 Å². The number of rotatable bonds is 0. The van der Waals surface area contributed by atoms with Crippen LogP contribution in [-0.2, 0) is 4.74 Å². The van der Waals surface area contributed by atoms with Crippen molar-refractivity contribution in [3.05, 3.63) is 0 Å². The SMILES string of the molecule is C[C@H]1C[C@H](N)CN(C(=O)OC(C)(C)C)C1. The van der Waals surface area contributed by atoms with Gasteiger partial charge in [-0.25, -0.2) is 4.79 Å². The zero-order valence-electron chi connectivity index (χ0n) is 10.1. The molecular weight excluding hydrogens is 192 g/mol. The fourth-order valence-corrected chi connectivity index (χ4v) is 1.88. The maximum atomic E-state index is 11.8. The van der Waals surface area contributed by atoms with Crippen molar-refractivity contribution in [3.8, 4) is 0 Å². The molecule has 0 aromatic carbocycles. The molecule has 1 aliphatic rings. The van der Waals surface area contributed by atoms with Gasteiger partial charge in [-0.15, -0.1) is 0 Å². The van der Waals surface area contributed by atoms with Gasteiger partial charge in [0.2, 0.25) is 0 Å². The van der Waals surface area contributed by atoms with Crippen LogP contribution in [-0.4, -0.2) is 35.7 Å². The Hall–Kier alpha value is -0.770. The lowest BCUT2D eigenvalue weighted by Crippen LogP contribution is -2.50. The number of likely N-dealkylation sites (tertiary alicyclic amines) is 1. The predicted octanol–water partition coefficient (Wildman–Crippen LogP) is 1.59. The van der Waals surface area contributed by atoms with Gasteiger partial charge in [-0.1, -0.05) is 6.92 Å². The van der Waals surface area contributed by atoms with Crippen molar-refractivity contribution in [1.82, 2.24) is 4.90 Å². The normalized spacial score (nSPS) is 27.7. The molecule has 1 amide bonds. The molecule has 2 N–H and O–H groups in total. The van der Waals surface area contributed by atoms with Crippen LogP contribution in [0.15, 0.2) is 0 Å². The highest BCUT2D eigenvalue weighted by Gasteiger charge is 2.28. The standard InChI is InChI=1S/C11H22N2O2/c1-8-5-9(12)7-13(6-8)10(14)15-11(2,3)4/h8-9H,5-7,12H2,1-4H3/t8-,9-/m0/s1. The van der Waals surface area contributed by atoms with Crippen LogP contribution in [0.5, 0.6) is 0 Å². The molecular formula is C11H22N2O2. The van der Waals surface area contributed by atoms with Crippen molar-refractivity contribution in [2.75, 3.05) is 13.1 Å². The summed E-state index contributed by atoms with van der Waals surface area (Å²) >= 11 is 0. The Balaban J connectivity index is 2.52. The first-order valence-corrected chi connectivity index (χ1v) is 5.51. The third kappa shape index (κ3) is 4.08. The van der Waals surface area contributed by atoms with Crippen molar-refractivity contribution in [2.45, 2.75) is 45.8 Å². The molecule has 2 atom stereocenters. The molecule has 0 radical (unpaired) electrons. The number of amides is 1. The molecule has 1 fully saturated rings. The number of hydrogen-bond donors (Lipinski definition) is 1. The van der Waals surface area contributed by atoms with E-state index in [-0.39, 0.29) is 12.1 Å². The van der Waals surface area contributed by atoms with Gasteiger partial charge in [-0.2, -0.15) is 0 Å². The second-order valence-corrected chi connectivity index (χ2v) is 5.49. The van der Waals surface area contributed by atoms with E-state index in [4.69, 9.17) is 10.5 Å². The zero-order chi connectivity index (χ0) is 11.6. The molecule has 0 saturated carbocycles. The summed E-state index contributed by atoms with van der Waals surface area (Å²) in [5.41, 5.74) is 5.44. The Labute approximate surface area is 91.8 Å². The first-order chi connectivity index (χ1) is 6.78. The average molecular weight is 214 g/mol. The Morgan fingerprint density at radius 1 is 1.40 bits per heavy atom. The monoisotopic (exact) mass is 214 g/mol. The molecule has 1 heterocycles. The third-order valence-electron chi connectivity index (χ3n) is 2.34. The average Bonchev–Trinajstić information content (AvgIpc) is 1.98. The number of ether oxygens (including phenoxy) is 1. The lowest BCUT2D eigenvalue weighted by atomic mass is 9.97.